The average Bonchev–Trinajstić information content (AvgIpc) is 2.54. The molecule has 0 amide bonds. The van der Waals surface area contributed by atoms with E-state index < -0.39 is 0 Å². The first-order valence-corrected chi connectivity index (χ1v) is 7.44. The highest BCUT2D eigenvalue weighted by atomic mass is 16.5. The average molecular weight is 298 g/mol. The molecular weight excluding hydrogens is 276 g/mol. The van der Waals surface area contributed by atoms with Crippen molar-refractivity contribution in [2.24, 2.45) is 0 Å². The van der Waals surface area contributed by atoms with Gasteiger partial charge in [-0.15, -0.1) is 0 Å². The molecule has 0 saturated heterocycles. The standard InChI is InChI=1S/C18H22N2O2/c1-4-22-17(21)14-10-16(12-19-11-14)20-13-18(2,3)15-8-6-5-7-9-15/h5-12,20H,4,13H2,1-3H3. The summed E-state index contributed by atoms with van der Waals surface area (Å²) in [6.07, 6.45) is 3.23. The first kappa shape index (κ1) is 16.0. The van der Waals surface area contributed by atoms with Gasteiger partial charge in [-0.2, -0.15) is 0 Å². The molecule has 0 unspecified atom stereocenters. The molecule has 0 fully saturated rings. The zero-order valence-electron chi connectivity index (χ0n) is 13.3. The van der Waals surface area contributed by atoms with Crippen molar-refractivity contribution in [1.29, 1.82) is 0 Å². The lowest BCUT2D eigenvalue weighted by Crippen LogP contribution is -2.27. The van der Waals surface area contributed by atoms with Crippen molar-refractivity contribution in [2.45, 2.75) is 26.2 Å². The summed E-state index contributed by atoms with van der Waals surface area (Å²) in [7, 11) is 0. The third kappa shape index (κ3) is 4.07. The first-order valence-electron chi connectivity index (χ1n) is 7.44. The largest absolute Gasteiger partial charge is 0.462 e. The smallest absolute Gasteiger partial charge is 0.339 e. The number of pyridine rings is 1. The van der Waals surface area contributed by atoms with Crippen molar-refractivity contribution in [1.82, 2.24) is 4.98 Å². The van der Waals surface area contributed by atoms with E-state index in [4.69, 9.17) is 4.74 Å². The second kappa shape index (κ2) is 7.07. The van der Waals surface area contributed by atoms with Gasteiger partial charge in [-0.3, -0.25) is 4.98 Å². The van der Waals surface area contributed by atoms with Crippen LogP contribution in [0, 0.1) is 0 Å². The van der Waals surface area contributed by atoms with Crippen LogP contribution < -0.4 is 5.32 Å². The Morgan fingerprint density at radius 1 is 1.23 bits per heavy atom. The van der Waals surface area contributed by atoms with Crippen molar-refractivity contribution >= 4 is 11.7 Å². The van der Waals surface area contributed by atoms with E-state index in [1.807, 2.05) is 18.2 Å². The Bertz CT molecular complexity index is 624. The molecule has 0 radical (unpaired) electrons. The molecule has 1 aromatic carbocycles. The lowest BCUT2D eigenvalue weighted by molar-refractivity contribution is 0.0526. The van der Waals surface area contributed by atoms with E-state index in [1.165, 1.54) is 11.8 Å². The van der Waals surface area contributed by atoms with Gasteiger partial charge in [0.05, 0.1) is 17.9 Å². The van der Waals surface area contributed by atoms with Crippen LogP contribution in [0.2, 0.25) is 0 Å². The van der Waals surface area contributed by atoms with Gasteiger partial charge in [0.2, 0.25) is 0 Å². The van der Waals surface area contributed by atoms with Crippen LogP contribution in [0.15, 0.2) is 48.8 Å². The Labute approximate surface area is 131 Å². The van der Waals surface area contributed by atoms with Crippen LogP contribution in [0.3, 0.4) is 0 Å². The molecule has 1 heterocycles. The molecule has 0 aliphatic carbocycles. The highest BCUT2D eigenvalue weighted by Crippen LogP contribution is 2.23. The minimum atomic E-state index is -0.346. The predicted octanol–water partition coefficient (Wildman–Crippen LogP) is 3.65. The molecule has 22 heavy (non-hydrogen) atoms. The van der Waals surface area contributed by atoms with Gasteiger partial charge in [-0.05, 0) is 18.6 Å². The molecule has 4 heteroatoms. The molecule has 2 rings (SSSR count). The highest BCUT2D eigenvalue weighted by Gasteiger charge is 2.20. The van der Waals surface area contributed by atoms with Crippen LogP contribution >= 0.6 is 0 Å². The zero-order valence-corrected chi connectivity index (χ0v) is 13.3. The second-order valence-corrected chi connectivity index (χ2v) is 5.79. The summed E-state index contributed by atoms with van der Waals surface area (Å²) in [6.45, 7) is 7.24. The van der Waals surface area contributed by atoms with Gasteiger partial charge in [0.15, 0.2) is 0 Å². The minimum Gasteiger partial charge on any atom is -0.462 e. The van der Waals surface area contributed by atoms with E-state index in [1.54, 1.807) is 19.2 Å². The van der Waals surface area contributed by atoms with Crippen molar-refractivity contribution in [2.75, 3.05) is 18.5 Å². The number of nitrogens with zero attached hydrogens (tertiary/aromatic N) is 1. The number of hydrogen-bond acceptors (Lipinski definition) is 4. The Balaban J connectivity index is 2.05. The maximum absolute atomic E-state index is 11.7. The quantitative estimate of drug-likeness (QED) is 0.827. The van der Waals surface area contributed by atoms with E-state index in [2.05, 4.69) is 36.3 Å². The Hall–Kier alpha value is -2.36. The molecule has 2 aromatic rings. The summed E-state index contributed by atoms with van der Waals surface area (Å²) in [5.74, 6) is -0.346. The van der Waals surface area contributed by atoms with Gasteiger partial charge in [0, 0.05) is 24.4 Å². The molecule has 1 aromatic heterocycles. The number of esters is 1. The van der Waals surface area contributed by atoms with Crippen LogP contribution in [0.1, 0.15) is 36.7 Å². The summed E-state index contributed by atoms with van der Waals surface area (Å²) in [5, 5.41) is 3.35. The number of ether oxygens (including phenoxy) is 1. The molecule has 0 aliphatic rings. The van der Waals surface area contributed by atoms with Crippen LogP contribution in [-0.4, -0.2) is 24.1 Å². The Kier molecular flexibility index (Phi) is 5.15. The van der Waals surface area contributed by atoms with E-state index in [9.17, 15) is 4.79 Å². The van der Waals surface area contributed by atoms with Crippen LogP contribution in [-0.2, 0) is 10.2 Å². The second-order valence-electron chi connectivity index (χ2n) is 5.79. The van der Waals surface area contributed by atoms with Crippen LogP contribution in [0.4, 0.5) is 5.69 Å². The molecule has 1 N–H and O–H groups in total. The maximum Gasteiger partial charge on any atom is 0.339 e. The van der Waals surface area contributed by atoms with Crippen LogP contribution in [0.5, 0.6) is 0 Å². The molecule has 116 valence electrons. The predicted molar refractivity (Wildman–Crippen MR) is 88.2 cm³/mol. The summed E-state index contributed by atoms with van der Waals surface area (Å²) >= 11 is 0. The highest BCUT2D eigenvalue weighted by molar-refractivity contribution is 5.90. The number of rotatable bonds is 6. The van der Waals surface area contributed by atoms with Gasteiger partial charge in [-0.25, -0.2) is 4.79 Å². The summed E-state index contributed by atoms with van der Waals surface area (Å²) in [4.78, 5) is 15.8. The minimum absolute atomic E-state index is 0.0266. The van der Waals surface area contributed by atoms with Gasteiger partial charge in [0.25, 0.3) is 0 Å². The van der Waals surface area contributed by atoms with Crippen molar-refractivity contribution in [3.8, 4) is 0 Å². The fourth-order valence-electron chi connectivity index (χ4n) is 2.18. The Morgan fingerprint density at radius 3 is 2.64 bits per heavy atom. The lowest BCUT2D eigenvalue weighted by Gasteiger charge is -2.26. The fourth-order valence-corrected chi connectivity index (χ4v) is 2.18. The van der Waals surface area contributed by atoms with Gasteiger partial charge < -0.3 is 10.1 Å². The third-order valence-electron chi connectivity index (χ3n) is 3.54. The van der Waals surface area contributed by atoms with E-state index in [-0.39, 0.29) is 11.4 Å². The molecule has 0 atom stereocenters. The number of hydrogen-bond donors (Lipinski definition) is 1. The SMILES string of the molecule is CCOC(=O)c1cncc(NCC(C)(C)c2ccccc2)c1. The Morgan fingerprint density at radius 2 is 1.95 bits per heavy atom. The topological polar surface area (TPSA) is 51.2 Å². The normalized spacial score (nSPS) is 11.0. The number of carbonyl (C=O) groups excluding carboxylic acids is 1. The van der Waals surface area contributed by atoms with Gasteiger partial charge >= 0.3 is 5.97 Å². The number of anilines is 1. The summed E-state index contributed by atoms with van der Waals surface area (Å²) < 4.78 is 4.99. The molecular formula is C18H22N2O2. The lowest BCUT2D eigenvalue weighted by atomic mass is 9.84. The molecule has 0 bridgehead atoms. The number of aromatic nitrogens is 1. The van der Waals surface area contributed by atoms with Crippen LogP contribution in [0.25, 0.3) is 0 Å². The van der Waals surface area contributed by atoms with E-state index in [0.717, 1.165) is 12.2 Å². The maximum atomic E-state index is 11.7. The van der Waals surface area contributed by atoms with Crippen molar-refractivity contribution in [3.05, 3.63) is 59.9 Å². The van der Waals surface area contributed by atoms with Gasteiger partial charge in [-0.1, -0.05) is 44.2 Å². The number of nitrogens with one attached hydrogen (secondary N) is 1. The van der Waals surface area contributed by atoms with Crippen molar-refractivity contribution in [3.63, 3.8) is 0 Å². The van der Waals surface area contributed by atoms with Crippen molar-refractivity contribution < 1.29 is 9.53 Å². The summed E-state index contributed by atoms with van der Waals surface area (Å²) in [5.41, 5.74) is 2.51. The molecule has 0 aliphatic heterocycles. The molecule has 4 nitrogen and oxygen atoms in total. The zero-order chi connectivity index (χ0) is 16.0. The van der Waals surface area contributed by atoms with Gasteiger partial charge in [0.1, 0.15) is 0 Å². The molecule has 0 spiro atoms. The monoisotopic (exact) mass is 298 g/mol. The first-order chi connectivity index (χ1) is 10.5. The third-order valence-corrected chi connectivity index (χ3v) is 3.54. The summed E-state index contributed by atoms with van der Waals surface area (Å²) in [6, 6.07) is 12.1. The number of carbonyl (C=O) groups is 1. The fraction of sp³-hybridized carbons (Fsp3) is 0.333. The number of benzene rings is 1. The molecule has 0 saturated carbocycles. The van der Waals surface area contributed by atoms with E-state index in [0.29, 0.717) is 12.2 Å². The van der Waals surface area contributed by atoms with E-state index >= 15 is 0 Å².